The van der Waals surface area contributed by atoms with Crippen molar-refractivity contribution in [1.82, 2.24) is 0 Å². The minimum Gasteiger partial charge on any atom is -0.496 e. The summed E-state index contributed by atoms with van der Waals surface area (Å²) in [6.45, 7) is 0. The van der Waals surface area contributed by atoms with Crippen LogP contribution in [0.3, 0.4) is 0 Å². The fourth-order valence-electron chi connectivity index (χ4n) is 3.38. The monoisotopic (exact) mass is 327 g/mol. The van der Waals surface area contributed by atoms with Crippen LogP contribution in [0.15, 0.2) is 30.3 Å². The molecule has 0 aliphatic heterocycles. The minimum absolute atomic E-state index is 0.0974. The van der Waals surface area contributed by atoms with Gasteiger partial charge in [0.05, 0.1) is 23.2 Å². The third-order valence-corrected chi connectivity index (χ3v) is 4.42. The van der Waals surface area contributed by atoms with Gasteiger partial charge in [-0.1, -0.05) is 18.2 Å². The lowest BCUT2D eigenvalue weighted by molar-refractivity contribution is -0.384. The van der Waals surface area contributed by atoms with Crippen LogP contribution >= 0.6 is 0 Å². The minimum atomic E-state index is -1.20. The van der Waals surface area contributed by atoms with Crippen molar-refractivity contribution in [3.05, 3.63) is 57.1 Å². The van der Waals surface area contributed by atoms with E-state index >= 15 is 0 Å². The molecule has 0 saturated carbocycles. The molecule has 1 aliphatic rings. The highest BCUT2D eigenvalue weighted by Gasteiger charge is 2.27. The van der Waals surface area contributed by atoms with Gasteiger partial charge in [-0.2, -0.15) is 0 Å². The van der Waals surface area contributed by atoms with Crippen molar-refractivity contribution in [2.24, 2.45) is 0 Å². The highest BCUT2D eigenvalue weighted by molar-refractivity contribution is 6.00. The average molecular weight is 327 g/mol. The van der Waals surface area contributed by atoms with Crippen LogP contribution in [0.5, 0.6) is 5.75 Å². The van der Waals surface area contributed by atoms with Gasteiger partial charge in [0.25, 0.3) is 5.69 Å². The number of nitrogens with zero attached hydrogens (tertiary/aromatic N) is 1. The number of carboxylic acid groups (broad SMARTS) is 1. The van der Waals surface area contributed by atoms with E-state index in [2.05, 4.69) is 0 Å². The molecule has 1 aliphatic carbocycles. The second-order valence-corrected chi connectivity index (χ2v) is 5.75. The summed E-state index contributed by atoms with van der Waals surface area (Å²) in [5, 5.41) is 20.9. The topological polar surface area (TPSA) is 89.7 Å². The summed E-state index contributed by atoms with van der Waals surface area (Å²) in [5.74, 6) is -0.655. The summed E-state index contributed by atoms with van der Waals surface area (Å²) in [6, 6.07) is 7.74. The summed E-state index contributed by atoms with van der Waals surface area (Å²) in [4.78, 5) is 22.5. The van der Waals surface area contributed by atoms with Crippen LogP contribution in [0.1, 0.15) is 34.3 Å². The molecule has 0 saturated heterocycles. The smallest absolute Gasteiger partial charge is 0.336 e. The molecule has 2 aromatic rings. The number of methoxy groups -OCH3 is 1. The van der Waals surface area contributed by atoms with E-state index in [1.165, 1.54) is 25.3 Å². The summed E-state index contributed by atoms with van der Waals surface area (Å²) in [5.41, 5.74) is 2.42. The van der Waals surface area contributed by atoms with E-state index in [4.69, 9.17) is 4.74 Å². The second kappa shape index (κ2) is 6.31. The normalized spacial score (nSPS) is 13.2. The van der Waals surface area contributed by atoms with Gasteiger partial charge in [0.2, 0.25) is 0 Å². The molecule has 124 valence electrons. The maximum absolute atomic E-state index is 11.6. The first-order valence-corrected chi connectivity index (χ1v) is 7.74. The molecule has 0 atom stereocenters. The number of hydrogen-bond acceptors (Lipinski definition) is 4. The first kappa shape index (κ1) is 16.0. The van der Waals surface area contributed by atoms with Crippen molar-refractivity contribution >= 4 is 11.7 Å². The highest BCUT2D eigenvalue weighted by atomic mass is 16.6. The van der Waals surface area contributed by atoms with Crippen LogP contribution in [0.2, 0.25) is 0 Å². The summed E-state index contributed by atoms with van der Waals surface area (Å²) in [6.07, 6.45) is 3.89. The fraction of sp³-hybridized carbons (Fsp3) is 0.278. The van der Waals surface area contributed by atoms with Gasteiger partial charge in [-0.3, -0.25) is 10.1 Å². The lowest BCUT2D eigenvalue weighted by Crippen LogP contribution is -2.08. The molecule has 0 amide bonds. The Balaban J connectivity index is 2.33. The number of fused-ring (bicyclic) bond motifs is 1. The molecule has 0 heterocycles. The third-order valence-electron chi connectivity index (χ3n) is 4.42. The Morgan fingerprint density at radius 3 is 2.62 bits per heavy atom. The zero-order valence-electron chi connectivity index (χ0n) is 13.2. The summed E-state index contributed by atoms with van der Waals surface area (Å²) >= 11 is 0. The predicted octanol–water partition coefficient (Wildman–Crippen LogP) is 3.85. The maximum Gasteiger partial charge on any atom is 0.336 e. The quantitative estimate of drug-likeness (QED) is 0.680. The predicted molar refractivity (Wildman–Crippen MR) is 88.7 cm³/mol. The molecule has 2 aromatic carbocycles. The molecule has 0 spiro atoms. The van der Waals surface area contributed by atoms with Crippen LogP contribution in [0.25, 0.3) is 11.1 Å². The van der Waals surface area contributed by atoms with E-state index in [1.54, 1.807) is 6.07 Å². The Kier molecular flexibility index (Phi) is 4.20. The molecule has 0 aromatic heterocycles. The molecular weight excluding hydrogens is 310 g/mol. The van der Waals surface area contributed by atoms with Crippen LogP contribution in [0, 0.1) is 10.1 Å². The van der Waals surface area contributed by atoms with Crippen LogP contribution in [0.4, 0.5) is 5.69 Å². The number of nitro benzene ring substituents is 1. The van der Waals surface area contributed by atoms with E-state index in [-0.39, 0.29) is 16.8 Å². The number of carboxylic acids is 1. The Bertz CT molecular complexity index is 796. The first-order valence-electron chi connectivity index (χ1n) is 7.74. The largest absolute Gasteiger partial charge is 0.496 e. The average Bonchev–Trinajstić information content (AvgIpc) is 2.59. The van der Waals surface area contributed by atoms with Gasteiger partial charge >= 0.3 is 5.97 Å². The van der Waals surface area contributed by atoms with Crippen molar-refractivity contribution in [3.8, 4) is 16.9 Å². The van der Waals surface area contributed by atoms with E-state index in [0.29, 0.717) is 11.3 Å². The van der Waals surface area contributed by atoms with Crippen LogP contribution < -0.4 is 4.74 Å². The number of hydrogen-bond donors (Lipinski definition) is 1. The SMILES string of the molecule is COc1c(-c2c(C(=O)O)cccc2[N+](=O)[O-])ccc2c1CCCC2. The molecule has 0 unspecified atom stereocenters. The molecular formula is C18H17NO5. The Morgan fingerprint density at radius 1 is 1.21 bits per heavy atom. The molecule has 6 heteroatoms. The van der Waals surface area contributed by atoms with E-state index in [1.807, 2.05) is 6.07 Å². The van der Waals surface area contributed by atoms with E-state index in [0.717, 1.165) is 36.8 Å². The third kappa shape index (κ3) is 2.60. The van der Waals surface area contributed by atoms with E-state index in [9.17, 15) is 20.0 Å². The number of benzene rings is 2. The van der Waals surface area contributed by atoms with Crippen LogP contribution in [-0.4, -0.2) is 23.1 Å². The molecule has 0 bridgehead atoms. The van der Waals surface area contributed by atoms with Gasteiger partial charge in [-0.05, 0) is 42.9 Å². The van der Waals surface area contributed by atoms with Crippen molar-refractivity contribution in [3.63, 3.8) is 0 Å². The van der Waals surface area contributed by atoms with Crippen molar-refractivity contribution in [2.45, 2.75) is 25.7 Å². The maximum atomic E-state index is 11.6. The van der Waals surface area contributed by atoms with Gasteiger partial charge < -0.3 is 9.84 Å². The summed E-state index contributed by atoms with van der Waals surface area (Å²) < 4.78 is 5.55. The molecule has 6 nitrogen and oxygen atoms in total. The van der Waals surface area contributed by atoms with Crippen LogP contribution in [-0.2, 0) is 12.8 Å². The highest BCUT2D eigenvalue weighted by Crippen LogP contribution is 2.43. The molecule has 1 N–H and O–H groups in total. The molecule has 24 heavy (non-hydrogen) atoms. The summed E-state index contributed by atoms with van der Waals surface area (Å²) in [7, 11) is 1.52. The lowest BCUT2D eigenvalue weighted by atomic mass is 9.86. The number of aryl methyl sites for hydroxylation is 1. The van der Waals surface area contributed by atoms with Gasteiger partial charge in [0.15, 0.2) is 0 Å². The van der Waals surface area contributed by atoms with Crippen molar-refractivity contribution in [2.75, 3.05) is 7.11 Å². The van der Waals surface area contributed by atoms with E-state index < -0.39 is 10.9 Å². The van der Waals surface area contributed by atoms with Gasteiger partial charge in [0.1, 0.15) is 5.75 Å². The Hall–Kier alpha value is -2.89. The molecule has 0 radical (unpaired) electrons. The van der Waals surface area contributed by atoms with Crippen molar-refractivity contribution in [1.29, 1.82) is 0 Å². The lowest BCUT2D eigenvalue weighted by Gasteiger charge is -2.21. The number of rotatable bonds is 4. The van der Waals surface area contributed by atoms with Crippen molar-refractivity contribution < 1.29 is 19.6 Å². The molecule has 0 fully saturated rings. The van der Waals surface area contributed by atoms with Gasteiger partial charge in [-0.15, -0.1) is 0 Å². The zero-order valence-corrected chi connectivity index (χ0v) is 13.2. The number of ether oxygens (including phenoxy) is 1. The Labute approximate surface area is 138 Å². The first-order chi connectivity index (χ1) is 11.5. The fourth-order valence-corrected chi connectivity index (χ4v) is 3.38. The van der Waals surface area contributed by atoms with Gasteiger partial charge in [-0.25, -0.2) is 4.79 Å². The zero-order chi connectivity index (χ0) is 17.3. The number of nitro groups is 1. The number of carbonyl (C=O) groups is 1. The molecule has 3 rings (SSSR count). The number of aromatic carboxylic acids is 1. The standard InChI is InChI=1S/C18H17NO5/c1-24-17-12-6-3-2-5-11(12)9-10-13(17)16-14(18(20)21)7-4-8-15(16)19(22)23/h4,7-10H,2-3,5-6H2,1H3,(H,20,21). The van der Waals surface area contributed by atoms with Gasteiger partial charge in [0, 0.05) is 11.6 Å². The Morgan fingerprint density at radius 2 is 1.96 bits per heavy atom. The second-order valence-electron chi connectivity index (χ2n) is 5.75.